The molecule has 3 atom stereocenters. The van der Waals surface area contributed by atoms with Crippen molar-refractivity contribution in [3.8, 4) is 0 Å². The lowest BCUT2D eigenvalue weighted by atomic mass is 9.79. The van der Waals surface area contributed by atoms with E-state index < -0.39 is 11.5 Å². The summed E-state index contributed by atoms with van der Waals surface area (Å²) in [5.74, 6) is -0.888. The monoisotopic (exact) mass is 224 g/mol. The lowest BCUT2D eigenvalue weighted by molar-refractivity contribution is -0.146. The van der Waals surface area contributed by atoms with E-state index in [2.05, 4.69) is 0 Å². The van der Waals surface area contributed by atoms with Gasteiger partial charge in [0.15, 0.2) is 0 Å². The number of nitrogens with two attached hydrogens (primary N) is 2. The summed E-state index contributed by atoms with van der Waals surface area (Å²) in [6, 6.07) is 0.113. The first kappa shape index (κ1) is 13.5. The van der Waals surface area contributed by atoms with Gasteiger partial charge in [-0.05, 0) is 31.6 Å². The Morgan fingerprint density at radius 3 is 2.56 bits per heavy atom. The minimum Gasteiger partial charge on any atom is -0.480 e. The van der Waals surface area contributed by atoms with Gasteiger partial charge in [0, 0.05) is 6.04 Å². The maximum absolute atomic E-state index is 11.3. The Morgan fingerprint density at radius 2 is 2.12 bits per heavy atom. The summed E-state index contributed by atoms with van der Waals surface area (Å²) in [4.78, 5) is 11.3. The molecule has 2 radical (unpaired) electrons. The predicted molar refractivity (Wildman–Crippen MR) is 64.3 cm³/mol. The number of aliphatic carboxylic acids is 1. The van der Waals surface area contributed by atoms with Crippen molar-refractivity contribution in [1.82, 2.24) is 0 Å². The van der Waals surface area contributed by atoms with E-state index in [-0.39, 0.29) is 12.0 Å². The second-order valence-corrected chi connectivity index (χ2v) is 4.86. The van der Waals surface area contributed by atoms with Crippen LogP contribution in [0.15, 0.2) is 0 Å². The van der Waals surface area contributed by atoms with Crippen molar-refractivity contribution in [1.29, 1.82) is 0 Å². The molecule has 5 N–H and O–H groups in total. The molecule has 1 fully saturated rings. The number of rotatable bonds is 6. The molecule has 1 unspecified atom stereocenters. The summed E-state index contributed by atoms with van der Waals surface area (Å²) < 4.78 is 0. The van der Waals surface area contributed by atoms with Gasteiger partial charge in [-0.1, -0.05) is 19.2 Å². The van der Waals surface area contributed by atoms with E-state index in [9.17, 15) is 9.90 Å². The molecule has 90 valence electrons. The number of hydrogen-bond acceptors (Lipinski definition) is 3. The molecular weight excluding hydrogens is 203 g/mol. The third kappa shape index (κ3) is 2.98. The summed E-state index contributed by atoms with van der Waals surface area (Å²) in [5.41, 5.74) is 10.8. The van der Waals surface area contributed by atoms with Crippen LogP contribution in [0.5, 0.6) is 0 Å². The van der Waals surface area contributed by atoms with Gasteiger partial charge in [0.1, 0.15) is 5.54 Å². The molecule has 0 aromatic carbocycles. The first-order valence-electron chi connectivity index (χ1n) is 5.98. The van der Waals surface area contributed by atoms with Gasteiger partial charge in [-0.2, -0.15) is 0 Å². The van der Waals surface area contributed by atoms with Crippen LogP contribution in [-0.4, -0.2) is 30.5 Å². The molecule has 1 aliphatic rings. The Labute approximate surface area is 98.2 Å². The molecule has 1 rings (SSSR count). The summed E-state index contributed by atoms with van der Waals surface area (Å²) in [6.07, 6.45) is 5.11. The number of carbonyl (C=O) groups is 1. The van der Waals surface area contributed by atoms with Gasteiger partial charge >= 0.3 is 5.97 Å². The molecular formula is C11H21BN2O2. The van der Waals surface area contributed by atoms with Crippen molar-refractivity contribution < 1.29 is 9.90 Å². The Kier molecular flexibility index (Phi) is 4.80. The van der Waals surface area contributed by atoms with E-state index in [1.807, 2.05) is 0 Å². The van der Waals surface area contributed by atoms with Crippen LogP contribution in [0.3, 0.4) is 0 Å². The Morgan fingerprint density at radius 1 is 1.44 bits per heavy atom. The highest BCUT2D eigenvalue weighted by molar-refractivity contribution is 6.08. The van der Waals surface area contributed by atoms with Gasteiger partial charge in [0.05, 0.1) is 7.85 Å². The molecule has 0 spiro atoms. The van der Waals surface area contributed by atoms with E-state index in [0.29, 0.717) is 12.7 Å². The van der Waals surface area contributed by atoms with Crippen LogP contribution < -0.4 is 11.5 Å². The zero-order chi connectivity index (χ0) is 12.2. The lowest BCUT2D eigenvalue weighted by Gasteiger charge is -2.31. The fourth-order valence-electron chi connectivity index (χ4n) is 2.53. The zero-order valence-electron chi connectivity index (χ0n) is 9.69. The quantitative estimate of drug-likeness (QED) is 0.456. The highest BCUT2D eigenvalue weighted by Gasteiger charge is 2.44. The molecule has 1 aliphatic carbocycles. The van der Waals surface area contributed by atoms with Gasteiger partial charge in [0.25, 0.3) is 0 Å². The maximum atomic E-state index is 11.3. The molecule has 1 saturated carbocycles. The van der Waals surface area contributed by atoms with Crippen LogP contribution in [0.4, 0.5) is 0 Å². The molecule has 0 aliphatic heterocycles. The first-order chi connectivity index (χ1) is 7.50. The minimum atomic E-state index is -1.11. The normalized spacial score (nSPS) is 28.9. The Balaban J connectivity index is 2.60. The van der Waals surface area contributed by atoms with Gasteiger partial charge in [0.2, 0.25) is 0 Å². The number of carboxylic acids is 1. The molecule has 0 aromatic rings. The van der Waals surface area contributed by atoms with Crippen LogP contribution in [-0.2, 0) is 4.79 Å². The molecule has 16 heavy (non-hydrogen) atoms. The minimum absolute atomic E-state index is 0.0118. The fraction of sp³-hybridized carbons (Fsp3) is 0.909. The highest BCUT2D eigenvalue weighted by Crippen LogP contribution is 2.35. The summed E-state index contributed by atoms with van der Waals surface area (Å²) >= 11 is 0. The SMILES string of the molecule is [B]CCCCC(N)(C(=O)O)[C@@H]1CC[C@H](N)C1. The standard InChI is InChI=1S/C11H21BN2O2/c12-6-2-1-5-11(14,10(15)16)8-3-4-9(13)7-8/h8-9H,1-7,13-14H2,(H,15,16)/t8-,9+,11?/m1/s1. The molecule has 5 heteroatoms. The maximum Gasteiger partial charge on any atom is 0.323 e. The van der Waals surface area contributed by atoms with E-state index in [1.54, 1.807) is 0 Å². The molecule has 0 amide bonds. The second kappa shape index (κ2) is 5.68. The van der Waals surface area contributed by atoms with Gasteiger partial charge < -0.3 is 16.6 Å². The van der Waals surface area contributed by atoms with Gasteiger partial charge in [-0.25, -0.2) is 0 Å². The Bertz CT molecular complexity index is 250. The van der Waals surface area contributed by atoms with Crippen molar-refractivity contribution in [3.05, 3.63) is 0 Å². The summed E-state index contributed by atoms with van der Waals surface area (Å²) in [6.45, 7) is 0. The first-order valence-corrected chi connectivity index (χ1v) is 5.98. The van der Waals surface area contributed by atoms with Crippen molar-refractivity contribution >= 4 is 13.8 Å². The van der Waals surface area contributed by atoms with Crippen LogP contribution in [0.1, 0.15) is 38.5 Å². The van der Waals surface area contributed by atoms with Gasteiger partial charge in [-0.15, -0.1) is 0 Å². The third-order valence-electron chi connectivity index (χ3n) is 3.64. The number of hydrogen-bond donors (Lipinski definition) is 3. The average molecular weight is 224 g/mol. The largest absolute Gasteiger partial charge is 0.480 e. The molecule has 0 heterocycles. The Hall–Kier alpha value is -0.545. The van der Waals surface area contributed by atoms with Crippen LogP contribution >= 0.6 is 0 Å². The molecule has 0 aromatic heterocycles. The van der Waals surface area contributed by atoms with Crippen LogP contribution in [0, 0.1) is 5.92 Å². The van der Waals surface area contributed by atoms with E-state index in [0.717, 1.165) is 32.1 Å². The fourth-order valence-corrected chi connectivity index (χ4v) is 2.53. The van der Waals surface area contributed by atoms with Crippen molar-refractivity contribution in [3.63, 3.8) is 0 Å². The predicted octanol–water partition coefficient (Wildman–Crippen LogP) is 0.653. The van der Waals surface area contributed by atoms with Crippen LogP contribution in [0.2, 0.25) is 6.32 Å². The van der Waals surface area contributed by atoms with Crippen LogP contribution in [0.25, 0.3) is 0 Å². The zero-order valence-corrected chi connectivity index (χ0v) is 9.69. The van der Waals surface area contributed by atoms with Crippen molar-refractivity contribution in [2.45, 2.75) is 56.4 Å². The van der Waals surface area contributed by atoms with Crippen molar-refractivity contribution in [2.75, 3.05) is 0 Å². The molecule has 0 bridgehead atoms. The van der Waals surface area contributed by atoms with Crippen molar-refractivity contribution in [2.24, 2.45) is 17.4 Å². The summed E-state index contributed by atoms with van der Waals surface area (Å²) in [7, 11) is 5.40. The summed E-state index contributed by atoms with van der Waals surface area (Å²) in [5, 5.41) is 9.28. The lowest BCUT2D eigenvalue weighted by Crippen LogP contribution is -2.53. The van der Waals surface area contributed by atoms with E-state index in [4.69, 9.17) is 19.3 Å². The van der Waals surface area contributed by atoms with E-state index >= 15 is 0 Å². The van der Waals surface area contributed by atoms with E-state index in [1.165, 1.54) is 0 Å². The third-order valence-corrected chi connectivity index (χ3v) is 3.64. The number of carboxylic acid groups (broad SMARTS) is 1. The molecule has 0 saturated heterocycles. The molecule has 4 nitrogen and oxygen atoms in total. The number of unbranched alkanes of at least 4 members (excludes halogenated alkanes) is 1. The highest BCUT2D eigenvalue weighted by atomic mass is 16.4. The topological polar surface area (TPSA) is 89.3 Å². The van der Waals surface area contributed by atoms with Gasteiger partial charge in [-0.3, -0.25) is 4.79 Å². The smallest absolute Gasteiger partial charge is 0.323 e. The second-order valence-electron chi connectivity index (χ2n) is 4.86. The average Bonchev–Trinajstić information content (AvgIpc) is 2.65.